The predicted octanol–water partition coefficient (Wildman–Crippen LogP) is 2.35. The normalized spacial score (nSPS) is 16.6. The van der Waals surface area contributed by atoms with E-state index < -0.39 is 0 Å². The van der Waals surface area contributed by atoms with Crippen LogP contribution in [0.25, 0.3) is 11.5 Å². The van der Waals surface area contributed by atoms with Crippen LogP contribution in [-0.2, 0) is 4.79 Å². The number of anilines is 1. The van der Waals surface area contributed by atoms with Gasteiger partial charge in [0.25, 0.3) is 0 Å². The van der Waals surface area contributed by atoms with E-state index in [-0.39, 0.29) is 11.9 Å². The van der Waals surface area contributed by atoms with E-state index in [1.807, 2.05) is 30.3 Å². The molecule has 4 rings (SSSR count). The summed E-state index contributed by atoms with van der Waals surface area (Å²) in [7, 11) is 0. The number of nitrogens with one attached hydrogen (secondary N) is 1. The first-order chi connectivity index (χ1) is 14.1. The highest BCUT2D eigenvalue weighted by Crippen LogP contribution is 2.24. The molecule has 0 radical (unpaired) electrons. The average molecular weight is 396 g/mol. The first-order valence-corrected chi connectivity index (χ1v) is 9.67. The molecule has 0 spiro atoms. The first kappa shape index (κ1) is 19.3. The summed E-state index contributed by atoms with van der Waals surface area (Å²) in [5.74, 6) is 2.16. The Bertz CT molecular complexity index is 946. The van der Waals surface area contributed by atoms with Gasteiger partial charge in [-0.1, -0.05) is 23.4 Å². The molecule has 152 valence electrons. The number of rotatable bonds is 6. The predicted molar refractivity (Wildman–Crippen MR) is 106 cm³/mol. The highest BCUT2D eigenvalue weighted by atomic mass is 16.5. The summed E-state index contributed by atoms with van der Waals surface area (Å²) in [6, 6.07) is 11.5. The van der Waals surface area contributed by atoms with E-state index in [2.05, 4.69) is 37.4 Å². The second-order valence-electron chi connectivity index (χ2n) is 7.17. The molecule has 3 heterocycles. The maximum absolute atomic E-state index is 12.2. The summed E-state index contributed by atoms with van der Waals surface area (Å²) in [4.78, 5) is 16.6. The Morgan fingerprint density at radius 3 is 2.62 bits per heavy atom. The zero-order valence-corrected chi connectivity index (χ0v) is 16.5. The van der Waals surface area contributed by atoms with E-state index in [4.69, 9.17) is 8.94 Å². The number of aromatic nitrogens is 3. The van der Waals surface area contributed by atoms with Crippen molar-refractivity contribution in [2.24, 2.45) is 0 Å². The molecule has 1 saturated heterocycles. The van der Waals surface area contributed by atoms with E-state index in [9.17, 15) is 4.79 Å². The van der Waals surface area contributed by atoms with Crippen LogP contribution in [0.1, 0.15) is 24.6 Å². The van der Waals surface area contributed by atoms with Gasteiger partial charge >= 0.3 is 0 Å². The smallest absolute Gasteiger partial charge is 0.247 e. The van der Waals surface area contributed by atoms with Gasteiger partial charge in [0.05, 0.1) is 12.6 Å². The molecule has 1 N–H and O–H groups in total. The molecule has 0 saturated carbocycles. The van der Waals surface area contributed by atoms with Crippen LogP contribution >= 0.6 is 0 Å². The number of carbonyl (C=O) groups excluding carboxylic acids is 1. The minimum Gasteiger partial charge on any atom is -0.419 e. The van der Waals surface area contributed by atoms with Crippen LogP contribution in [0.4, 0.5) is 5.82 Å². The maximum Gasteiger partial charge on any atom is 0.247 e. The van der Waals surface area contributed by atoms with Crippen LogP contribution in [-0.4, -0.2) is 63.8 Å². The lowest BCUT2D eigenvalue weighted by Gasteiger charge is -2.36. The van der Waals surface area contributed by atoms with Crippen molar-refractivity contribution < 1.29 is 13.7 Å². The molecule has 1 aromatic carbocycles. The van der Waals surface area contributed by atoms with Gasteiger partial charge in [-0.05, 0) is 26.0 Å². The van der Waals surface area contributed by atoms with Crippen LogP contribution in [0.15, 0.2) is 45.3 Å². The Labute approximate surface area is 168 Å². The molecule has 0 bridgehead atoms. The fourth-order valence-electron chi connectivity index (χ4n) is 3.38. The van der Waals surface area contributed by atoms with E-state index in [1.54, 1.807) is 13.0 Å². The van der Waals surface area contributed by atoms with E-state index in [0.717, 1.165) is 31.7 Å². The monoisotopic (exact) mass is 396 g/mol. The lowest BCUT2D eigenvalue weighted by atomic mass is 10.2. The number of amides is 1. The fourth-order valence-corrected chi connectivity index (χ4v) is 3.38. The van der Waals surface area contributed by atoms with Crippen molar-refractivity contribution in [1.82, 2.24) is 25.2 Å². The van der Waals surface area contributed by atoms with Gasteiger partial charge in [0.2, 0.25) is 17.7 Å². The molecule has 1 atom stereocenters. The van der Waals surface area contributed by atoms with Crippen molar-refractivity contribution in [2.75, 3.05) is 38.0 Å². The number of hydrogen-bond donors (Lipinski definition) is 1. The average Bonchev–Trinajstić information content (AvgIpc) is 3.38. The molecular formula is C20H24N6O3. The third-order valence-electron chi connectivity index (χ3n) is 5.04. The summed E-state index contributed by atoms with van der Waals surface area (Å²) in [5.41, 5.74) is 0.914. The van der Waals surface area contributed by atoms with Crippen molar-refractivity contribution in [3.8, 4) is 11.5 Å². The van der Waals surface area contributed by atoms with Crippen LogP contribution in [0.3, 0.4) is 0 Å². The quantitative estimate of drug-likeness (QED) is 0.678. The van der Waals surface area contributed by atoms with E-state index in [0.29, 0.717) is 29.9 Å². The molecule has 9 nitrogen and oxygen atoms in total. The number of nitrogens with zero attached hydrogens (tertiary/aromatic N) is 5. The summed E-state index contributed by atoms with van der Waals surface area (Å²) < 4.78 is 10.8. The van der Waals surface area contributed by atoms with Crippen molar-refractivity contribution in [1.29, 1.82) is 0 Å². The Balaban J connectivity index is 1.28. The summed E-state index contributed by atoms with van der Waals surface area (Å²) in [6.07, 6.45) is 0. The molecule has 3 aromatic rings. The van der Waals surface area contributed by atoms with Gasteiger partial charge in [-0.25, -0.2) is 0 Å². The van der Waals surface area contributed by atoms with Crippen molar-refractivity contribution in [3.63, 3.8) is 0 Å². The second kappa shape index (κ2) is 8.54. The van der Waals surface area contributed by atoms with Gasteiger partial charge in [-0.3, -0.25) is 14.6 Å². The van der Waals surface area contributed by atoms with Crippen LogP contribution in [0.5, 0.6) is 0 Å². The molecule has 1 aliphatic heterocycles. The highest BCUT2D eigenvalue weighted by Gasteiger charge is 2.26. The standard InChI is InChI=1S/C20H24N6O3/c1-14-12-17(24-29-14)21-18(27)13-25-8-10-26(11-9-25)15(2)19-22-23-20(28-19)16-6-4-3-5-7-16/h3-7,12,15H,8-11,13H2,1-2H3,(H,21,24,27). The Kier molecular flexibility index (Phi) is 5.68. The lowest BCUT2D eigenvalue weighted by Crippen LogP contribution is -2.49. The van der Waals surface area contributed by atoms with E-state index in [1.165, 1.54) is 0 Å². The molecule has 1 unspecified atom stereocenters. The highest BCUT2D eigenvalue weighted by molar-refractivity contribution is 5.91. The molecule has 2 aromatic heterocycles. The third kappa shape index (κ3) is 4.69. The number of aryl methyl sites for hydroxylation is 1. The first-order valence-electron chi connectivity index (χ1n) is 9.67. The lowest BCUT2D eigenvalue weighted by molar-refractivity contribution is -0.117. The molecule has 29 heavy (non-hydrogen) atoms. The number of hydrogen-bond acceptors (Lipinski definition) is 8. The van der Waals surface area contributed by atoms with Gasteiger partial charge < -0.3 is 14.3 Å². The zero-order valence-electron chi connectivity index (χ0n) is 16.5. The third-order valence-corrected chi connectivity index (χ3v) is 5.04. The van der Waals surface area contributed by atoms with Gasteiger partial charge in [0.15, 0.2) is 5.82 Å². The van der Waals surface area contributed by atoms with Gasteiger partial charge in [-0.15, -0.1) is 10.2 Å². The minimum absolute atomic E-state index is 0.0223. The van der Waals surface area contributed by atoms with E-state index >= 15 is 0 Å². The largest absolute Gasteiger partial charge is 0.419 e. The minimum atomic E-state index is -0.0933. The Morgan fingerprint density at radius 1 is 1.17 bits per heavy atom. The maximum atomic E-state index is 12.2. The molecule has 9 heteroatoms. The number of piperazine rings is 1. The SMILES string of the molecule is Cc1cc(NC(=O)CN2CCN(C(C)c3nnc(-c4ccccc4)o3)CC2)no1. The van der Waals surface area contributed by atoms with Crippen LogP contribution < -0.4 is 5.32 Å². The van der Waals surface area contributed by atoms with Gasteiger partial charge in [0.1, 0.15) is 5.76 Å². The topological polar surface area (TPSA) is 101 Å². The van der Waals surface area contributed by atoms with Gasteiger partial charge in [-0.2, -0.15) is 0 Å². The molecular weight excluding hydrogens is 372 g/mol. The van der Waals surface area contributed by atoms with Crippen molar-refractivity contribution >= 4 is 11.7 Å². The van der Waals surface area contributed by atoms with Crippen LogP contribution in [0.2, 0.25) is 0 Å². The zero-order chi connectivity index (χ0) is 20.2. The molecule has 1 fully saturated rings. The van der Waals surface area contributed by atoms with Crippen molar-refractivity contribution in [2.45, 2.75) is 19.9 Å². The summed E-state index contributed by atoms with van der Waals surface area (Å²) in [5, 5.41) is 15.0. The molecule has 0 aliphatic carbocycles. The van der Waals surface area contributed by atoms with Crippen molar-refractivity contribution in [3.05, 3.63) is 48.0 Å². The molecule has 1 aliphatic rings. The Hall–Kier alpha value is -3.04. The fraction of sp³-hybridized carbons (Fsp3) is 0.400. The van der Waals surface area contributed by atoms with Crippen LogP contribution in [0, 0.1) is 6.92 Å². The Morgan fingerprint density at radius 2 is 1.93 bits per heavy atom. The summed E-state index contributed by atoms with van der Waals surface area (Å²) in [6.45, 7) is 7.39. The van der Waals surface area contributed by atoms with Gasteiger partial charge in [0, 0.05) is 37.8 Å². The molecule has 1 amide bonds. The summed E-state index contributed by atoms with van der Waals surface area (Å²) >= 11 is 0. The number of benzene rings is 1. The second-order valence-corrected chi connectivity index (χ2v) is 7.17. The number of carbonyl (C=O) groups is 1.